The third-order valence-electron chi connectivity index (χ3n) is 5.63. The molecule has 0 unspecified atom stereocenters. The number of aromatic amines is 1. The van der Waals surface area contributed by atoms with Gasteiger partial charge in [0.1, 0.15) is 11.9 Å². The number of unbranched alkanes of at least 4 members (excludes halogenated alkanes) is 3. The highest BCUT2D eigenvalue weighted by Crippen LogP contribution is 2.21. The third kappa shape index (κ3) is 5.75. The van der Waals surface area contributed by atoms with Crippen molar-refractivity contribution < 1.29 is 4.79 Å². The normalized spacial score (nSPS) is 11.0. The van der Waals surface area contributed by atoms with Gasteiger partial charge in [0.2, 0.25) is 5.91 Å². The maximum atomic E-state index is 12.7. The number of H-pyrrole nitrogens is 1. The first-order valence-corrected chi connectivity index (χ1v) is 12.0. The van der Waals surface area contributed by atoms with Crippen molar-refractivity contribution in [3.63, 3.8) is 0 Å². The van der Waals surface area contributed by atoms with Crippen molar-refractivity contribution in [3.8, 4) is 6.07 Å². The summed E-state index contributed by atoms with van der Waals surface area (Å²) in [5.74, 6) is 0.352. The van der Waals surface area contributed by atoms with Gasteiger partial charge in [-0.25, -0.2) is 9.78 Å². The predicted octanol–water partition coefficient (Wildman–Crippen LogP) is 3.97. The standard InChI is InChI=1S/C24H29ClN6O3/c1-3-5-7-13-30-19(10-11-20(32)27-17-9-8-16(15-26)18(25)14-17)28-22-21(30)23(33)29-24(34)31(22)12-6-4-2/h8-9,14H,3-7,10-13H2,1-2H3,(H,27,32)(H,29,33,34). The number of benzene rings is 1. The lowest BCUT2D eigenvalue weighted by molar-refractivity contribution is -0.116. The van der Waals surface area contributed by atoms with Crippen LogP contribution in [-0.4, -0.2) is 25.0 Å². The molecule has 0 spiro atoms. The minimum Gasteiger partial charge on any atom is -0.326 e. The third-order valence-corrected chi connectivity index (χ3v) is 5.95. The topological polar surface area (TPSA) is 126 Å². The number of aromatic nitrogens is 4. The highest BCUT2D eigenvalue weighted by atomic mass is 35.5. The molecule has 3 rings (SSSR count). The molecule has 1 amide bonds. The molecule has 1 aromatic carbocycles. The van der Waals surface area contributed by atoms with Crippen molar-refractivity contribution >= 4 is 34.4 Å². The van der Waals surface area contributed by atoms with Crippen molar-refractivity contribution in [1.29, 1.82) is 5.26 Å². The Hall–Kier alpha value is -3.38. The monoisotopic (exact) mass is 484 g/mol. The van der Waals surface area contributed by atoms with E-state index in [2.05, 4.69) is 22.2 Å². The molecule has 10 heteroatoms. The number of fused-ring (bicyclic) bond motifs is 1. The van der Waals surface area contributed by atoms with Crippen LogP contribution in [-0.2, 0) is 24.3 Å². The lowest BCUT2D eigenvalue weighted by atomic mass is 10.2. The fourth-order valence-electron chi connectivity index (χ4n) is 3.83. The first-order valence-electron chi connectivity index (χ1n) is 11.6. The smallest absolute Gasteiger partial charge is 0.326 e. The number of nitriles is 1. The number of nitrogens with one attached hydrogen (secondary N) is 2. The number of amides is 1. The summed E-state index contributed by atoms with van der Waals surface area (Å²) in [4.78, 5) is 44.8. The molecule has 2 heterocycles. The number of hydrogen-bond acceptors (Lipinski definition) is 5. The summed E-state index contributed by atoms with van der Waals surface area (Å²) in [7, 11) is 0. The fraction of sp³-hybridized carbons (Fsp3) is 0.458. The summed E-state index contributed by atoms with van der Waals surface area (Å²) in [6, 6.07) is 6.68. The van der Waals surface area contributed by atoms with Crippen LogP contribution in [0.15, 0.2) is 27.8 Å². The number of carbonyl (C=O) groups excluding carboxylic acids is 1. The van der Waals surface area contributed by atoms with Gasteiger partial charge < -0.3 is 9.88 Å². The van der Waals surface area contributed by atoms with E-state index in [1.165, 1.54) is 10.6 Å². The molecule has 180 valence electrons. The SMILES string of the molecule is CCCCCn1c(CCC(=O)Nc2ccc(C#N)c(Cl)c2)nc2c1c(=O)[nH]c(=O)n2CCCC. The Kier molecular flexibility index (Phi) is 8.66. The van der Waals surface area contributed by atoms with Gasteiger partial charge >= 0.3 is 5.69 Å². The molecule has 0 fully saturated rings. The Balaban J connectivity index is 1.88. The second-order valence-electron chi connectivity index (χ2n) is 8.18. The van der Waals surface area contributed by atoms with E-state index in [-0.39, 0.29) is 17.4 Å². The molecule has 0 saturated heterocycles. The molecule has 3 aromatic rings. The van der Waals surface area contributed by atoms with Crippen molar-refractivity contribution in [1.82, 2.24) is 19.1 Å². The number of nitrogens with zero attached hydrogens (tertiary/aromatic N) is 4. The molecule has 9 nitrogen and oxygen atoms in total. The fourth-order valence-corrected chi connectivity index (χ4v) is 4.05. The summed E-state index contributed by atoms with van der Waals surface area (Å²) < 4.78 is 3.36. The van der Waals surface area contributed by atoms with E-state index in [9.17, 15) is 14.4 Å². The average Bonchev–Trinajstić information content (AvgIpc) is 3.16. The Morgan fingerprint density at radius 3 is 2.56 bits per heavy atom. The zero-order chi connectivity index (χ0) is 24.7. The van der Waals surface area contributed by atoms with Crippen LogP contribution in [0.25, 0.3) is 11.2 Å². The quantitative estimate of drug-likeness (QED) is 0.398. The lowest BCUT2D eigenvalue weighted by Crippen LogP contribution is -2.31. The molecule has 2 N–H and O–H groups in total. The summed E-state index contributed by atoms with van der Waals surface area (Å²) in [5.41, 5.74) is 0.648. The zero-order valence-corrected chi connectivity index (χ0v) is 20.2. The van der Waals surface area contributed by atoms with Crippen molar-refractivity contribution in [2.45, 2.75) is 71.9 Å². The van der Waals surface area contributed by atoms with Crippen molar-refractivity contribution in [2.75, 3.05) is 5.32 Å². The molecule has 0 aliphatic rings. The van der Waals surface area contributed by atoms with E-state index in [0.717, 1.165) is 32.1 Å². The molecular weight excluding hydrogens is 456 g/mol. The summed E-state index contributed by atoms with van der Waals surface area (Å²) >= 11 is 6.04. The largest absolute Gasteiger partial charge is 0.330 e. The van der Waals surface area contributed by atoms with E-state index in [4.69, 9.17) is 16.9 Å². The second-order valence-corrected chi connectivity index (χ2v) is 8.59. The van der Waals surface area contributed by atoms with E-state index >= 15 is 0 Å². The van der Waals surface area contributed by atoms with Crippen LogP contribution >= 0.6 is 11.6 Å². The Morgan fingerprint density at radius 1 is 1.15 bits per heavy atom. The van der Waals surface area contributed by atoms with Crippen LogP contribution < -0.4 is 16.6 Å². The van der Waals surface area contributed by atoms with Gasteiger partial charge in [0, 0.05) is 31.6 Å². The van der Waals surface area contributed by atoms with Gasteiger partial charge in [-0.2, -0.15) is 5.26 Å². The maximum absolute atomic E-state index is 12.7. The van der Waals surface area contributed by atoms with E-state index in [1.807, 2.05) is 17.6 Å². The molecule has 34 heavy (non-hydrogen) atoms. The number of carbonyl (C=O) groups is 1. The first kappa shape index (κ1) is 25.2. The van der Waals surface area contributed by atoms with Crippen LogP contribution in [0.4, 0.5) is 5.69 Å². The predicted molar refractivity (Wildman–Crippen MR) is 132 cm³/mol. The van der Waals surface area contributed by atoms with Gasteiger partial charge in [-0.1, -0.05) is 44.7 Å². The molecule has 0 saturated carbocycles. The minimum atomic E-state index is -0.467. The van der Waals surface area contributed by atoms with E-state index in [0.29, 0.717) is 47.7 Å². The highest BCUT2D eigenvalue weighted by Gasteiger charge is 2.19. The molecule has 0 bridgehead atoms. The van der Waals surface area contributed by atoms with Gasteiger partial charge in [0.05, 0.1) is 10.6 Å². The van der Waals surface area contributed by atoms with Crippen LogP contribution in [0.1, 0.15) is 63.8 Å². The number of halogens is 1. The lowest BCUT2D eigenvalue weighted by Gasteiger charge is -2.09. The Bertz CT molecular complexity index is 1330. The second kappa shape index (κ2) is 11.7. The van der Waals surface area contributed by atoms with E-state index in [1.54, 1.807) is 12.1 Å². The molecule has 0 radical (unpaired) electrons. The maximum Gasteiger partial charge on any atom is 0.330 e. The van der Waals surface area contributed by atoms with Gasteiger partial charge in [-0.15, -0.1) is 0 Å². The molecule has 0 atom stereocenters. The average molecular weight is 485 g/mol. The highest BCUT2D eigenvalue weighted by molar-refractivity contribution is 6.32. The first-order chi connectivity index (χ1) is 16.4. The molecule has 0 aliphatic heterocycles. The minimum absolute atomic E-state index is 0.131. The zero-order valence-electron chi connectivity index (χ0n) is 19.5. The molecule has 0 aliphatic carbocycles. The Labute approximate surface area is 202 Å². The Morgan fingerprint density at radius 2 is 1.88 bits per heavy atom. The molecular formula is C24H29ClN6O3. The van der Waals surface area contributed by atoms with Crippen molar-refractivity contribution in [2.24, 2.45) is 0 Å². The van der Waals surface area contributed by atoms with Crippen LogP contribution in [0.5, 0.6) is 0 Å². The number of anilines is 1. The number of imidazole rings is 1. The summed E-state index contributed by atoms with van der Waals surface area (Å²) in [6.07, 6.45) is 5.00. The number of hydrogen-bond donors (Lipinski definition) is 2. The van der Waals surface area contributed by atoms with Crippen LogP contribution in [0.3, 0.4) is 0 Å². The molecule has 2 aromatic heterocycles. The van der Waals surface area contributed by atoms with Gasteiger partial charge in [-0.05, 0) is 31.0 Å². The summed E-state index contributed by atoms with van der Waals surface area (Å²) in [6.45, 7) is 5.18. The number of rotatable bonds is 11. The van der Waals surface area contributed by atoms with Crippen LogP contribution in [0.2, 0.25) is 5.02 Å². The summed E-state index contributed by atoms with van der Waals surface area (Å²) in [5, 5.41) is 12.0. The van der Waals surface area contributed by atoms with Gasteiger partial charge in [0.15, 0.2) is 11.2 Å². The number of aryl methyl sites for hydroxylation is 3. The van der Waals surface area contributed by atoms with Gasteiger partial charge in [0.25, 0.3) is 5.56 Å². The van der Waals surface area contributed by atoms with E-state index < -0.39 is 11.2 Å². The van der Waals surface area contributed by atoms with Crippen molar-refractivity contribution in [3.05, 3.63) is 55.4 Å². The van der Waals surface area contributed by atoms with Crippen LogP contribution in [0, 0.1) is 11.3 Å². The van der Waals surface area contributed by atoms with Gasteiger partial charge in [-0.3, -0.25) is 19.1 Å².